The summed E-state index contributed by atoms with van der Waals surface area (Å²) in [5.41, 5.74) is 1.11. The number of halogens is 1. The first-order valence-corrected chi connectivity index (χ1v) is 10.4. The van der Waals surface area contributed by atoms with Crippen LogP contribution in [0.25, 0.3) is 0 Å². The summed E-state index contributed by atoms with van der Waals surface area (Å²) >= 11 is 5.93. The van der Waals surface area contributed by atoms with Crippen LogP contribution in [-0.2, 0) is 36.7 Å². The summed E-state index contributed by atoms with van der Waals surface area (Å²) in [5.74, 6) is -0.869. The molecule has 2 aromatic rings. The molecule has 0 spiro atoms. The predicted octanol–water partition coefficient (Wildman–Crippen LogP) is 2.26. The van der Waals surface area contributed by atoms with E-state index in [0.29, 0.717) is 18.0 Å². The maximum Gasteiger partial charge on any atom is 0.264 e. The molecule has 0 bridgehead atoms. The molecule has 2 heterocycles. The number of benzene rings is 1. The fraction of sp³-hybridized carbons (Fsp3) is 0.471. The lowest BCUT2D eigenvalue weighted by molar-refractivity contribution is -0.184. The Balaban J connectivity index is 1.67. The van der Waals surface area contributed by atoms with E-state index >= 15 is 0 Å². The quantitative estimate of drug-likeness (QED) is 0.632. The standard InChI is InChI=1S/C17H21ClN2O5S/c1-26(21,22)24-11-16-10-23-17(25-16,12-20-9-8-19-13-20)7-6-14-2-4-15(18)5-3-14/h2-5,8-9,13,16H,6-7,10-12H2,1H3/t16-,17-/m0/s1. The van der Waals surface area contributed by atoms with Gasteiger partial charge in [-0.2, -0.15) is 8.42 Å². The van der Waals surface area contributed by atoms with Gasteiger partial charge in [-0.3, -0.25) is 4.18 Å². The van der Waals surface area contributed by atoms with Crippen molar-refractivity contribution in [3.63, 3.8) is 0 Å². The summed E-state index contributed by atoms with van der Waals surface area (Å²) in [6, 6.07) is 7.62. The van der Waals surface area contributed by atoms with E-state index in [9.17, 15) is 8.42 Å². The van der Waals surface area contributed by atoms with Crippen molar-refractivity contribution < 1.29 is 22.1 Å². The monoisotopic (exact) mass is 400 g/mol. The van der Waals surface area contributed by atoms with Gasteiger partial charge < -0.3 is 14.0 Å². The molecule has 2 atom stereocenters. The van der Waals surface area contributed by atoms with Crippen molar-refractivity contribution in [1.82, 2.24) is 9.55 Å². The molecule has 1 aliphatic heterocycles. The lowest BCUT2D eigenvalue weighted by Crippen LogP contribution is -2.37. The van der Waals surface area contributed by atoms with Gasteiger partial charge in [0, 0.05) is 23.8 Å². The van der Waals surface area contributed by atoms with Crippen molar-refractivity contribution in [2.75, 3.05) is 19.5 Å². The summed E-state index contributed by atoms with van der Waals surface area (Å²) in [5, 5.41) is 0.688. The zero-order valence-electron chi connectivity index (χ0n) is 14.4. The predicted molar refractivity (Wildman–Crippen MR) is 96.4 cm³/mol. The molecular formula is C17H21ClN2O5S. The van der Waals surface area contributed by atoms with Gasteiger partial charge in [-0.25, -0.2) is 4.98 Å². The van der Waals surface area contributed by atoms with E-state index < -0.39 is 22.0 Å². The van der Waals surface area contributed by atoms with Crippen molar-refractivity contribution in [2.45, 2.75) is 31.3 Å². The van der Waals surface area contributed by atoms with Crippen LogP contribution in [0.15, 0.2) is 43.0 Å². The average molecular weight is 401 g/mol. The molecule has 1 aliphatic rings. The fourth-order valence-electron chi connectivity index (χ4n) is 2.84. The summed E-state index contributed by atoms with van der Waals surface area (Å²) in [6.45, 7) is 0.659. The number of hydrogen-bond donors (Lipinski definition) is 0. The second-order valence-corrected chi connectivity index (χ2v) is 8.39. The zero-order valence-corrected chi connectivity index (χ0v) is 15.9. The van der Waals surface area contributed by atoms with Crippen LogP contribution in [0.3, 0.4) is 0 Å². The Hall–Kier alpha value is -1.45. The van der Waals surface area contributed by atoms with Gasteiger partial charge in [0.05, 0.1) is 32.3 Å². The molecule has 0 amide bonds. The Morgan fingerprint density at radius 3 is 2.81 bits per heavy atom. The molecule has 1 saturated heterocycles. The van der Waals surface area contributed by atoms with Gasteiger partial charge >= 0.3 is 0 Å². The molecule has 0 unspecified atom stereocenters. The molecule has 142 valence electrons. The minimum atomic E-state index is -3.52. The average Bonchev–Trinajstić information content (AvgIpc) is 3.23. The van der Waals surface area contributed by atoms with Crippen molar-refractivity contribution >= 4 is 21.7 Å². The van der Waals surface area contributed by atoms with Crippen LogP contribution in [-0.4, -0.2) is 49.3 Å². The number of rotatable bonds is 8. The van der Waals surface area contributed by atoms with Crippen LogP contribution in [0.5, 0.6) is 0 Å². The summed E-state index contributed by atoms with van der Waals surface area (Å²) in [4.78, 5) is 4.04. The Morgan fingerprint density at radius 1 is 1.38 bits per heavy atom. The molecule has 3 rings (SSSR count). The lowest BCUT2D eigenvalue weighted by atomic mass is 10.0. The first kappa shape index (κ1) is 19.3. The van der Waals surface area contributed by atoms with Crippen molar-refractivity contribution in [3.8, 4) is 0 Å². The highest BCUT2D eigenvalue weighted by Gasteiger charge is 2.42. The molecule has 0 N–H and O–H groups in total. The lowest BCUT2D eigenvalue weighted by Gasteiger charge is -2.28. The molecule has 0 saturated carbocycles. The SMILES string of the molecule is CS(=O)(=O)OC[C@@H]1CO[C@](CCc2ccc(Cl)cc2)(Cn2ccnc2)O1. The third kappa shape index (κ3) is 5.52. The topological polar surface area (TPSA) is 79.7 Å². The molecule has 1 aromatic carbocycles. The molecule has 26 heavy (non-hydrogen) atoms. The highest BCUT2D eigenvalue weighted by atomic mass is 35.5. The van der Waals surface area contributed by atoms with E-state index in [4.69, 9.17) is 25.3 Å². The van der Waals surface area contributed by atoms with E-state index in [1.165, 1.54) is 0 Å². The third-order valence-corrected chi connectivity index (χ3v) is 4.89. The number of ether oxygens (including phenoxy) is 2. The minimum Gasteiger partial charge on any atom is -0.345 e. The van der Waals surface area contributed by atoms with Gasteiger partial charge in [-0.05, 0) is 24.1 Å². The maximum absolute atomic E-state index is 11.2. The molecule has 1 fully saturated rings. The van der Waals surface area contributed by atoms with Gasteiger partial charge in [0.2, 0.25) is 0 Å². The van der Waals surface area contributed by atoms with E-state index in [0.717, 1.165) is 18.2 Å². The number of aromatic nitrogens is 2. The summed E-state index contributed by atoms with van der Waals surface area (Å²) < 4.78 is 41.2. The molecular weight excluding hydrogens is 380 g/mol. The van der Waals surface area contributed by atoms with Crippen molar-refractivity contribution in [2.24, 2.45) is 0 Å². The maximum atomic E-state index is 11.2. The highest BCUT2D eigenvalue weighted by molar-refractivity contribution is 7.85. The van der Waals surface area contributed by atoms with E-state index in [-0.39, 0.29) is 13.2 Å². The first-order chi connectivity index (χ1) is 12.3. The fourth-order valence-corrected chi connectivity index (χ4v) is 3.36. The molecule has 0 radical (unpaired) electrons. The first-order valence-electron chi connectivity index (χ1n) is 8.20. The summed E-state index contributed by atoms with van der Waals surface area (Å²) in [6.07, 6.45) is 7.11. The third-order valence-electron chi connectivity index (χ3n) is 4.07. The number of nitrogens with zero attached hydrogens (tertiary/aromatic N) is 2. The van der Waals surface area contributed by atoms with E-state index in [1.54, 1.807) is 12.5 Å². The second-order valence-electron chi connectivity index (χ2n) is 6.31. The van der Waals surface area contributed by atoms with Gasteiger partial charge in [0.25, 0.3) is 10.1 Å². The normalized spacial score (nSPS) is 23.4. The van der Waals surface area contributed by atoms with Crippen LogP contribution in [0, 0.1) is 0 Å². The zero-order chi connectivity index (χ0) is 18.6. The van der Waals surface area contributed by atoms with Crippen LogP contribution < -0.4 is 0 Å². The van der Waals surface area contributed by atoms with Crippen LogP contribution in [0.4, 0.5) is 0 Å². The van der Waals surface area contributed by atoms with Crippen molar-refractivity contribution in [3.05, 3.63) is 53.6 Å². The molecule has 1 aromatic heterocycles. The van der Waals surface area contributed by atoms with Crippen molar-refractivity contribution in [1.29, 1.82) is 0 Å². The van der Waals surface area contributed by atoms with Crippen LogP contribution in [0.2, 0.25) is 5.02 Å². The minimum absolute atomic E-state index is 0.0640. The number of hydrogen-bond acceptors (Lipinski definition) is 6. The summed E-state index contributed by atoms with van der Waals surface area (Å²) in [7, 11) is -3.52. The number of aryl methyl sites for hydroxylation is 1. The van der Waals surface area contributed by atoms with Gasteiger partial charge in [0.15, 0.2) is 5.79 Å². The Labute approximate surface area is 158 Å². The Bertz CT molecular complexity index is 810. The van der Waals surface area contributed by atoms with Crippen LogP contribution in [0.1, 0.15) is 12.0 Å². The van der Waals surface area contributed by atoms with Gasteiger partial charge in [0.1, 0.15) is 6.10 Å². The Morgan fingerprint density at radius 2 is 2.15 bits per heavy atom. The molecule has 0 aliphatic carbocycles. The van der Waals surface area contributed by atoms with Gasteiger partial charge in [-0.1, -0.05) is 23.7 Å². The largest absolute Gasteiger partial charge is 0.345 e. The number of imidazole rings is 1. The highest BCUT2D eigenvalue weighted by Crippen LogP contribution is 2.31. The smallest absolute Gasteiger partial charge is 0.264 e. The Kier molecular flexibility index (Phi) is 5.99. The van der Waals surface area contributed by atoms with Gasteiger partial charge in [-0.15, -0.1) is 0 Å². The van der Waals surface area contributed by atoms with E-state index in [2.05, 4.69) is 4.98 Å². The molecule has 9 heteroatoms. The van der Waals surface area contributed by atoms with E-state index in [1.807, 2.05) is 35.0 Å². The molecule has 7 nitrogen and oxygen atoms in total. The second kappa shape index (κ2) is 8.06. The van der Waals surface area contributed by atoms with Crippen LogP contribution >= 0.6 is 11.6 Å².